The average molecular weight is 377 g/mol. The molecule has 0 saturated carbocycles. The highest BCUT2D eigenvalue weighted by Gasteiger charge is 2.19. The summed E-state index contributed by atoms with van der Waals surface area (Å²) in [5.41, 5.74) is 7.35. The van der Waals surface area contributed by atoms with E-state index in [1.807, 2.05) is 30.3 Å². The summed E-state index contributed by atoms with van der Waals surface area (Å²) in [6, 6.07) is 16.0. The molecule has 0 saturated heterocycles. The Morgan fingerprint density at radius 2 is 1.68 bits per heavy atom. The summed E-state index contributed by atoms with van der Waals surface area (Å²) in [7, 11) is 1.61. The summed E-state index contributed by atoms with van der Waals surface area (Å²) in [5.74, 6) is -0.897. The van der Waals surface area contributed by atoms with Gasteiger partial charge in [0.25, 0.3) is 11.8 Å². The van der Waals surface area contributed by atoms with Crippen molar-refractivity contribution in [1.29, 1.82) is 0 Å². The first-order chi connectivity index (χ1) is 13.6. The van der Waals surface area contributed by atoms with Crippen LogP contribution in [0, 0.1) is 0 Å². The fraction of sp³-hybridized carbons (Fsp3) is 0.100. The van der Waals surface area contributed by atoms with E-state index in [2.05, 4.69) is 15.4 Å². The van der Waals surface area contributed by atoms with Crippen LogP contribution in [0.15, 0.2) is 67.0 Å². The van der Waals surface area contributed by atoms with E-state index >= 15 is 0 Å². The molecule has 3 rings (SSSR count). The Labute approximate surface area is 161 Å². The van der Waals surface area contributed by atoms with Crippen LogP contribution in [0.1, 0.15) is 26.4 Å². The van der Waals surface area contributed by atoms with Gasteiger partial charge in [-0.15, -0.1) is 0 Å². The number of hydrazine groups is 1. The van der Waals surface area contributed by atoms with Gasteiger partial charge in [-0.1, -0.05) is 42.5 Å². The van der Waals surface area contributed by atoms with Crippen molar-refractivity contribution in [3.05, 3.63) is 83.8 Å². The van der Waals surface area contributed by atoms with E-state index in [9.17, 15) is 9.59 Å². The number of aromatic nitrogens is 2. The lowest BCUT2D eigenvalue weighted by Gasteiger charge is -2.19. The molecule has 0 aliphatic heterocycles. The minimum atomic E-state index is -0.581. The first-order valence-corrected chi connectivity index (χ1v) is 8.51. The van der Waals surface area contributed by atoms with Crippen molar-refractivity contribution in [2.45, 2.75) is 6.54 Å². The van der Waals surface area contributed by atoms with Gasteiger partial charge in [0.1, 0.15) is 5.69 Å². The SMILES string of the molecule is CN(NCc1ccc(C(=O)NO)cc1)C(=O)c1nccnc1-c1ccccc1. The molecule has 3 N–H and O–H groups in total. The molecule has 2 amide bonds. The molecule has 2 aromatic carbocycles. The Hall–Kier alpha value is -3.62. The summed E-state index contributed by atoms with van der Waals surface area (Å²) in [6.45, 7) is 0.365. The summed E-state index contributed by atoms with van der Waals surface area (Å²) in [6.07, 6.45) is 3.04. The first kappa shape index (κ1) is 19.2. The van der Waals surface area contributed by atoms with E-state index in [1.165, 1.54) is 11.2 Å². The van der Waals surface area contributed by atoms with Gasteiger partial charge in [0.05, 0.1) is 0 Å². The number of hydrogen-bond acceptors (Lipinski definition) is 6. The van der Waals surface area contributed by atoms with E-state index in [0.717, 1.165) is 11.1 Å². The number of benzene rings is 2. The molecule has 0 fully saturated rings. The second kappa shape index (κ2) is 8.85. The number of amides is 2. The van der Waals surface area contributed by atoms with Gasteiger partial charge in [0, 0.05) is 37.1 Å². The first-order valence-electron chi connectivity index (χ1n) is 8.51. The number of carbonyl (C=O) groups excluding carboxylic acids is 2. The van der Waals surface area contributed by atoms with Crippen molar-refractivity contribution >= 4 is 11.8 Å². The predicted octanol–water partition coefficient (Wildman–Crippen LogP) is 2.04. The second-order valence-corrected chi connectivity index (χ2v) is 5.96. The maximum absolute atomic E-state index is 12.8. The van der Waals surface area contributed by atoms with Gasteiger partial charge in [-0.05, 0) is 17.7 Å². The third-order valence-electron chi connectivity index (χ3n) is 4.09. The molecule has 0 aliphatic carbocycles. The van der Waals surface area contributed by atoms with Gasteiger partial charge in [0.2, 0.25) is 0 Å². The molecule has 3 aromatic rings. The maximum atomic E-state index is 12.8. The Kier molecular flexibility index (Phi) is 6.05. The molecule has 0 spiro atoms. The number of nitrogens with zero attached hydrogens (tertiary/aromatic N) is 3. The highest BCUT2D eigenvalue weighted by Crippen LogP contribution is 2.19. The van der Waals surface area contributed by atoms with Crippen molar-refractivity contribution in [3.63, 3.8) is 0 Å². The summed E-state index contributed by atoms with van der Waals surface area (Å²) < 4.78 is 0. The topological polar surface area (TPSA) is 107 Å². The largest absolute Gasteiger partial charge is 0.288 e. The lowest BCUT2D eigenvalue weighted by molar-refractivity contribution is 0.0702. The Morgan fingerprint density at radius 1 is 1.00 bits per heavy atom. The lowest BCUT2D eigenvalue weighted by Crippen LogP contribution is -2.39. The number of hydrogen-bond donors (Lipinski definition) is 3. The monoisotopic (exact) mass is 377 g/mol. The number of hydroxylamine groups is 1. The van der Waals surface area contributed by atoms with Gasteiger partial charge in [-0.2, -0.15) is 0 Å². The molecule has 0 bridgehead atoms. The van der Waals surface area contributed by atoms with Gasteiger partial charge in [-0.3, -0.25) is 24.8 Å². The van der Waals surface area contributed by atoms with Crippen LogP contribution in [-0.4, -0.2) is 39.0 Å². The average Bonchev–Trinajstić information content (AvgIpc) is 2.77. The minimum Gasteiger partial charge on any atom is -0.288 e. The van der Waals surface area contributed by atoms with Crippen molar-refractivity contribution in [3.8, 4) is 11.3 Å². The maximum Gasteiger partial charge on any atom is 0.288 e. The van der Waals surface area contributed by atoms with Crippen molar-refractivity contribution < 1.29 is 14.8 Å². The Morgan fingerprint density at radius 3 is 2.36 bits per heavy atom. The van der Waals surface area contributed by atoms with E-state index in [-0.39, 0.29) is 11.6 Å². The minimum absolute atomic E-state index is 0.249. The van der Waals surface area contributed by atoms with Gasteiger partial charge in [0.15, 0.2) is 5.69 Å². The van der Waals surface area contributed by atoms with E-state index < -0.39 is 5.91 Å². The lowest BCUT2D eigenvalue weighted by atomic mass is 10.1. The standard InChI is InChI=1S/C20H19N5O3/c1-25(23-13-14-7-9-16(10-8-14)19(26)24-28)20(27)18-17(21-11-12-22-18)15-5-3-2-4-6-15/h2-12,23,28H,13H2,1H3,(H,24,26). The van der Waals surface area contributed by atoms with E-state index in [4.69, 9.17) is 5.21 Å². The van der Waals surface area contributed by atoms with Crippen molar-refractivity contribution in [2.24, 2.45) is 0 Å². The van der Waals surface area contributed by atoms with Crippen LogP contribution in [0.3, 0.4) is 0 Å². The fourth-order valence-corrected chi connectivity index (χ4v) is 2.58. The molecule has 0 radical (unpaired) electrons. The molecule has 1 aromatic heterocycles. The van der Waals surface area contributed by atoms with E-state index in [1.54, 1.807) is 43.0 Å². The zero-order chi connectivity index (χ0) is 19.9. The van der Waals surface area contributed by atoms with Gasteiger partial charge in [-0.25, -0.2) is 15.9 Å². The normalized spacial score (nSPS) is 10.4. The van der Waals surface area contributed by atoms with Crippen LogP contribution in [0.25, 0.3) is 11.3 Å². The predicted molar refractivity (Wildman–Crippen MR) is 102 cm³/mol. The third-order valence-corrected chi connectivity index (χ3v) is 4.09. The summed E-state index contributed by atoms with van der Waals surface area (Å²) in [4.78, 5) is 32.7. The Balaban J connectivity index is 1.69. The number of rotatable bonds is 6. The van der Waals surface area contributed by atoms with Crippen LogP contribution < -0.4 is 10.9 Å². The zero-order valence-corrected chi connectivity index (χ0v) is 15.2. The smallest absolute Gasteiger partial charge is 0.288 e. The quantitative estimate of drug-likeness (QED) is 0.448. The highest BCUT2D eigenvalue weighted by molar-refractivity contribution is 5.97. The molecule has 142 valence electrons. The molecular weight excluding hydrogens is 358 g/mol. The van der Waals surface area contributed by atoms with Crippen molar-refractivity contribution in [1.82, 2.24) is 25.9 Å². The van der Waals surface area contributed by atoms with Crippen LogP contribution >= 0.6 is 0 Å². The molecule has 0 aliphatic rings. The molecule has 1 heterocycles. The number of nitrogens with one attached hydrogen (secondary N) is 2. The van der Waals surface area contributed by atoms with Crippen LogP contribution in [0.2, 0.25) is 0 Å². The van der Waals surface area contributed by atoms with Crippen LogP contribution in [0.4, 0.5) is 0 Å². The van der Waals surface area contributed by atoms with Gasteiger partial charge < -0.3 is 0 Å². The fourth-order valence-electron chi connectivity index (χ4n) is 2.58. The summed E-state index contributed by atoms with van der Waals surface area (Å²) in [5, 5.41) is 9.99. The molecule has 0 atom stereocenters. The molecule has 28 heavy (non-hydrogen) atoms. The number of carbonyl (C=O) groups is 2. The van der Waals surface area contributed by atoms with Gasteiger partial charge >= 0.3 is 0 Å². The second-order valence-electron chi connectivity index (χ2n) is 5.96. The van der Waals surface area contributed by atoms with E-state index in [0.29, 0.717) is 17.8 Å². The Bertz CT molecular complexity index is 961. The van der Waals surface area contributed by atoms with Crippen molar-refractivity contribution in [2.75, 3.05) is 7.05 Å². The summed E-state index contributed by atoms with van der Waals surface area (Å²) >= 11 is 0. The zero-order valence-electron chi connectivity index (χ0n) is 15.2. The third kappa shape index (κ3) is 4.37. The van der Waals surface area contributed by atoms with Crippen LogP contribution in [0.5, 0.6) is 0 Å². The molecule has 8 heteroatoms. The molecule has 8 nitrogen and oxygen atoms in total. The molecular formula is C20H19N5O3. The highest BCUT2D eigenvalue weighted by atomic mass is 16.5. The molecule has 0 unspecified atom stereocenters. The van der Waals surface area contributed by atoms with Crippen LogP contribution in [-0.2, 0) is 6.54 Å².